The topological polar surface area (TPSA) is 78.5 Å². The smallest absolute Gasteiger partial charge is 0.235 e. The van der Waals surface area contributed by atoms with Gasteiger partial charge in [-0.25, -0.2) is 0 Å². The molecule has 4 rings (SSSR count). The van der Waals surface area contributed by atoms with Crippen molar-refractivity contribution in [2.75, 3.05) is 12.4 Å². The molecule has 0 aliphatic heterocycles. The summed E-state index contributed by atoms with van der Waals surface area (Å²) in [5.41, 5.74) is 2.99. The van der Waals surface area contributed by atoms with Gasteiger partial charge in [-0.2, -0.15) is 0 Å². The third-order valence-electron chi connectivity index (χ3n) is 6.28. The number of rotatable bonds is 6. The maximum Gasteiger partial charge on any atom is 0.235 e. The Bertz CT molecular complexity index is 1100. The van der Waals surface area contributed by atoms with Crippen molar-refractivity contribution in [2.24, 2.45) is 0 Å². The Morgan fingerprint density at radius 1 is 0.938 bits per heavy atom. The number of carbonyl (C=O) groups is 1. The second-order valence-corrected chi connectivity index (χ2v) is 9.11. The van der Waals surface area contributed by atoms with Gasteiger partial charge in [0.15, 0.2) is 0 Å². The molecule has 1 fully saturated rings. The lowest BCUT2D eigenvalue weighted by Crippen LogP contribution is -2.42. The SMILES string of the molecule is COc1ccc(C2(C(=O)Nc3cccc(-c4ccc(S(=O)[O-])cc4)c3)CCCCC2)cc1. The Labute approximate surface area is 191 Å². The van der Waals surface area contributed by atoms with Crippen molar-refractivity contribution in [3.63, 3.8) is 0 Å². The van der Waals surface area contributed by atoms with Crippen LogP contribution in [0.25, 0.3) is 11.1 Å². The van der Waals surface area contributed by atoms with E-state index in [0.717, 1.165) is 60.2 Å². The Balaban J connectivity index is 1.59. The molecule has 6 heteroatoms. The Hall–Kier alpha value is -2.96. The molecule has 166 valence electrons. The number of nitrogens with one attached hydrogen (secondary N) is 1. The Morgan fingerprint density at radius 3 is 2.25 bits per heavy atom. The van der Waals surface area contributed by atoms with Crippen LogP contribution in [-0.4, -0.2) is 21.8 Å². The fourth-order valence-corrected chi connectivity index (χ4v) is 4.86. The minimum absolute atomic E-state index is 0.0108. The van der Waals surface area contributed by atoms with Crippen molar-refractivity contribution in [3.8, 4) is 16.9 Å². The van der Waals surface area contributed by atoms with E-state index in [9.17, 15) is 13.6 Å². The molecule has 0 saturated heterocycles. The number of amides is 1. The number of anilines is 1. The molecule has 1 aliphatic rings. The van der Waals surface area contributed by atoms with Crippen molar-refractivity contribution in [1.82, 2.24) is 0 Å². The minimum Gasteiger partial charge on any atom is -0.768 e. The standard InChI is InChI=1S/C26H27NO4S/c1-31-23-12-10-21(11-13-23)26(16-3-2-4-17-26)25(28)27-22-7-5-6-20(18-22)19-8-14-24(15-9-19)32(29)30/h5-15,18H,2-4,16-17H2,1H3,(H,27,28)(H,29,30)/p-1. The van der Waals surface area contributed by atoms with Crippen LogP contribution in [0, 0.1) is 0 Å². The summed E-state index contributed by atoms with van der Waals surface area (Å²) in [7, 11) is 1.64. The second kappa shape index (κ2) is 9.67. The van der Waals surface area contributed by atoms with Gasteiger partial charge < -0.3 is 14.6 Å². The number of benzene rings is 3. The zero-order chi connectivity index (χ0) is 22.6. The molecule has 0 radical (unpaired) electrons. The molecule has 32 heavy (non-hydrogen) atoms. The van der Waals surface area contributed by atoms with Crippen LogP contribution >= 0.6 is 0 Å². The van der Waals surface area contributed by atoms with Crippen molar-refractivity contribution in [1.29, 1.82) is 0 Å². The summed E-state index contributed by atoms with van der Waals surface area (Å²) in [6.45, 7) is 0. The summed E-state index contributed by atoms with van der Waals surface area (Å²) in [6, 6.07) is 22.2. The highest BCUT2D eigenvalue weighted by Gasteiger charge is 2.41. The minimum atomic E-state index is -2.25. The van der Waals surface area contributed by atoms with E-state index in [4.69, 9.17) is 4.74 Å². The average molecular weight is 449 g/mol. The Morgan fingerprint density at radius 2 is 1.62 bits per heavy atom. The maximum atomic E-state index is 13.6. The lowest BCUT2D eigenvalue weighted by molar-refractivity contribution is -0.122. The van der Waals surface area contributed by atoms with Crippen molar-refractivity contribution in [2.45, 2.75) is 42.4 Å². The van der Waals surface area contributed by atoms with Crippen LogP contribution in [0.15, 0.2) is 77.7 Å². The number of hydrogen-bond acceptors (Lipinski definition) is 4. The summed E-state index contributed by atoms with van der Waals surface area (Å²) in [5.74, 6) is 0.788. The van der Waals surface area contributed by atoms with Gasteiger partial charge in [-0.3, -0.25) is 9.00 Å². The first-order chi connectivity index (χ1) is 15.5. The van der Waals surface area contributed by atoms with E-state index in [0.29, 0.717) is 0 Å². The summed E-state index contributed by atoms with van der Waals surface area (Å²) in [4.78, 5) is 13.8. The molecular weight excluding hydrogens is 422 g/mol. The molecular formula is C26H26NO4S-. The van der Waals surface area contributed by atoms with Gasteiger partial charge in [0.1, 0.15) is 5.75 Å². The highest BCUT2D eigenvalue weighted by molar-refractivity contribution is 7.79. The first-order valence-electron chi connectivity index (χ1n) is 10.8. The number of carbonyl (C=O) groups excluding carboxylic acids is 1. The van der Waals surface area contributed by atoms with Gasteiger partial charge in [-0.05, 0) is 77.0 Å². The predicted octanol–water partition coefficient (Wildman–Crippen LogP) is 5.44. The van der Waals surface area contributed by atoms with E-state index in [1.54, 1.807) is 31.4 Å². The van der Waals surface area contributed by atoms with Gasteiger partial charge in [0.05, 0.1) is 12.5 Å². The molecule has 1 aliphatic carbocycles. The molecule has 1 saturated carbocycles. The average Bonchev–Trinajstić information content (AvgIpc) is 2.84. The number of ether oxygens (including phenoxy) is 1. The molecule has 0 bridgehead atoms. The molecule has 0 heterocycles. The lowest BCUT2D eigenvalue weighted by Gasteiger charge is -2.36. The Kier molecular flexibility index (Phi) is 6.72. The third kappa shape index (κ3) is 4.61. The van der Waals surface area contributed by atoms with Gasteiger partial charge in [-0.15, -0.1) is 0 Å². The predicted molar refractivity (Wildman–Crippen MR) is 125 cm³/mol. The summed E-state index contributed by atoms with van der Waals surface area (Å²) >= 11 is -2.25. The van der Waals surface area contributed by atoms with Gasteiger partial charge >= 0.3 is 0 Å². The fraction of sp³-hybridized carbons (Fsp3) is 0.269. The van der Waals surface area contributed by atoms with Crippen LogP contribution in [0.4, 0.5) is 5.69 Å². The van der Waals surface area contributed by atoms with Gasteiger partial charge in [0.2, 0.25) is 5.91 Å². The zero-order valence-corrected chi connectivity index (χ0v) is 18.8. The second-order valence-electron chi connectivity index (χ2n) is 8.17. The van der Waals surface area contributed by atoms with Crippen LogP contribution in [0.3, 0.4) is 0 Å². The summed E-state index contributed by atoms with van der Waals surface area (Å²) < 4.78 is 27.5. The van der Waals surface area contributed by atoms with E-state index in [1.165, 1.54) is 0 Å². The van der Waals surface area contributed by atoms with Gasteiger partial charge in [0, 0.05) is 10.6 Å². The van der Waals surface area contributed by atoms with Crippen molar-refractivity contribution >= 4 is 22.7 Å². The molecule has 0 aromatic heterocycles. The van der Waals surface area contributed by atoms with Crippen molar-refractivity contribution < 1.29 is 18.3 Å². The summed E-state index contributed by atoms with van der Waals surface area (Å²) in [6.07, 6.45) is 4.82. The van der Waals surface area contributed by atoms with Crippen LogP contribution in [0.1, 0.15) is 37.7 Å². The van der Waals surface area contributed by atoms with Crippen LogP contribution in [0.5, 0.6) is 5.75 Å². The zero-order valence-electron chi connectivity index (χ0n) is 18.0. The van der Waals surface area contributed by atoms with Crippen LogP contribution < -0.4 is 10.1 Å². The van der Waals surface area contributed by atoms with E-state index < -0.39 is 16.5 Å². The van der Waals surface area contributed by atoms with E-state index >= 15 is 0 Å². The van der Waals surface area contributed by atoms with Gasteiger partial charge in [-0.1, -0.05) is 55.7 Å². The van der Waals surface area contributed by atoms with Crippen LogP contribution in [0.2, 0.25) is 0 Å². The van der Waals surface area contributed by atoms with E-state index in [-0.39, 0.29) is 10.8 Å². The molecule has 1 unspecified atom stereocenters. The monoisotopic (exact) mass is 448 g/mol. The molecule has 3 aromatic carbocycles. The molecule has 0 spiro atoms. The molecule has 1 N–H and O–H groups in total. The molecule has 3 aromatic rings. The third-order valence-corrected chi connectivity index (χ3v) is 6.94. The lowest BCUT2D eigenvalue weighted by atomic mass is 9.68. The summed E-state index contributed by atoms with van der Waals surface area (Å²) in [5, 5.41) is 3.15. The quantitative estimate of drug-likeness (QED) is 0.509. The first-order valence-corrected chi connectivity index (χ1v) is 11.9. The molecule has 1 atom stereocenters. The van der Waals surface area contributed by atoms with Crippen molar-refractivity contribution in [3.05, 3.63) is 78.4 Å². The molecule has 5 nitrogen and oxygen atoms in total. The normalized spacial score (nSPS) is 16.2. The highest BCUT2D eigenvalue weighted by atomic mass is 32.2. The fourth-order valence-electron chi connectivity index (χ4n) is 4.50. The van der Waals surface area contributed by atoms with Gasteiger partial charge in [0.25, 0.3) is 0 Å². The largest absolute Gasteiger partial charge is 0.768 e. The number of methoxy groups -OCH3 is 1. The van der Waals surface area contributed by atoms with E-state index in [1.807, 2.05) is 48.5 Å². The molecule has 1 amide bonds. The van der Waals surface area contributed by atoms with Crippen LogP contribution in [-0.2, 0) is 21.3 Å². The number of hydrogen-bond donors (Lipinski definition) is 1. The van der Waals surface area contributed by atoms with E-state index in [2.05, 4.69) is 5.32 Å². The highest BCUT2D eigenvalue weighted by Crippen LogP contribution is 2.41. The maximum absolute atomic E-state index is 13.6. The first kappa shape index (κ1) is 22.2.